The summed E-state index contributed by atoms with van der Waals surface area (Å²) < 4.78 is 12.5. The number of benzene rings is 2. The van der Waals surface area contributed by atoms with Crippen molar-refractivity contribution in [3.05, 3.63) is 76.4 Å². The first-order chi connectivity index (χ1) is 13.6. The number of nitro groups is 1. The summed E-state index contributed by atoms with van der Waals surface area (Å²) >= 11 is 0. The van der Waals surface area contributed by atoms with Gasteiger partial charge < -0.3 is 19.4 Å². The number of nitrogens with zero attached hydrogens (tertiary/aromatic N) is 3. The number of fused-ring (bicyclic) bond motifs is 1. The first-order valence-corrected chi connectivity index (χ1v) is 8.55. The number of amides is 1. The maximum atomic E-state index is 12.5. The minimum absolute atomic E-state index is 0.176. The van der Waals surface area contributed by atoms with Gasteiger partial charge in [0.25, 0.3) is 11.6 Å². The van der Waals surface area contributed by atoms with Crippen LogP contribution in [0.3, 0.4) is 0 Å². The zero-order chi connectivity index (χ0) is 19.5. The SMILES string of the molecule is O=C(NCc1ccc2c(c1)OCCO2)c1ccc(-n2ccnc2)c([N+](=O)[O-])c1. The quantitative estimate of drug-likeness (QED) is 0.538. The van der Waals surface area contributed by atoms with Gasteiger partial charge in [0.2, 0.25) is 0 Å². The van der Waals surface area contributed by atoms with Gasteiger partial charge in [-0.2, -0.15) is 0 Å². The first kappa shape index (κ1) is 17.5. The molecule has 0 atom stereocenters. The molecule has 3 aromatic rings. The fourth-order valence-corrected chi connectivity index (χ4v) is 2.91. The van der Waals surface area contributed by atoms with Gasteiger partial charge >= 0.3 is 0 Å². The second kappa shape index (κ2) is 7.39. The zero-order valence-electron chi connectivity index (χ0n) is 14.7. The Hall–Kier alpha value is -3.88. The summed E-state index contributed by atoms with van der Waals surface area (Å²) in [4.78, 5) is 27.3. The smallest absolute Gasteiger partial charge is 0.294 e. The molecule has 142 valence electrons. The molecule has 0 unspecified atom stereocenters. The number of nitrogens with one attached hydrogen (secondary N) is 1. The summed E-state index contributed by atoms with van der Waals surface area (Å²) in [6, 6.07) is 9.76. The normalized spacial score (nSPS) is 12.4. The molecule has 28 heavy (non-hydrogen) atoms. The molecular weight excluding hydrogens is 364 g/mol. The minimum atomic E-state index is -0.521. The van der Waals surface area contributed by atoms with E-state index in [2.05, 4.69) is 10.3 Å². The number of hydrogen-bond acceptors (Lipinski definition) is 6. The molecule has 1 amide bonds. The van der Waals surface area contributed by atoms with Crippen molar-refractivity contribution in [3.63, 3.8) is 0 Å². The van der Waals surface area contributed by atoms with Crippen LogP contribution in [0.5, 0.6) is 11.5 Å². The summed E-state index contributed by atoms with van der Waals surface area (Å²) in [5, 5.41) is 14.2. The lowest BCUT2D eigenvalue weighted by Gasteiger charge is -2.19. The maximum Gasteiger partial charge on any atom is 0.294 e. The highest BCUT2D eigenvalue weighted by Gasteiger charge is 2.19. The molecule has 0 aliphatic carbocycles. The van der Waals surface area contributed by atoms with Crippen LogP contribution in [0.4, 0.5) is 5.69 Å². The van der Waals surface area contributed by atoms with E-state index in [0.29, 0.717) is 30.4 Å². The van der Waals surface area contributed by atoms with Crippen molar-refractivity contribution in [2.24, 2.45) is 0 Å². The van der Waals surface area contributed by atoms with Gasteiger partial charge in [0.1, 0.15) is 18.9 Å². The van der Waals surface area contributed by atoms with Gasteiger partial charge in [-0.05, 0) is 29.8 Å². The molecule has 0 radical (unpaired) electrons. The van der Waals surface area contributed by atoms with E-state index < -0.39 is 10.8 Å². The Bertz CT molecular complexity index is 1030. The summed E-state index contributed by atoms with van der Waals surface area (Å²) in [6.07, 6.45) is 4.59. The number of nitro benzene ring substituents is 1. The van der Waals surface area contributed by atoms with E-state index in [4.69, 9.17) is 9.47 Å². The number of carbonyl (C=O) groups excluding carboxylic acids is 1. The van der Waals surface area contributed by atoms with Gasteiger partial charge in [-0.1, -0.05) is 6.07 Å². The zero-order valence-corrected chi connectivity index (χ0v) is 14.7. The summed E-state index contributed by atoms with van der Waals surface area (Å²) in [5.74, 6) is 0.903. The standard InChI is InChI=1S/C19H16N4O5/c24-19(21-11-13-1-4-17-18(9-13)28-8-7-27-17)14-2-3-15(16(10-14)23(25)26)22-6-5-20-12-22/h1-6,9-10,12H,7-8,11H2,(H,21,24). The van der Waals surface area contributed by atoms with Crippen LogP contribution in [-0.4, -0.2) is 33.6 Å². The van der Waals surface area contributed by atoms with Gasteiger partial charge in [-0.25, -0.2) is 4.98 Å². The predicted molar refractivity (Wildman–Crippen MR) is 98.8 cm³/mol. The van der Waals surface area contributed by atoms with Crippen LogP contribution in [0.1, 0.15) is 15.9 Å². The van der Waals surface area contributed by atoms with Crippen LogP contribution < -0.4 is 14.8 Å². The van der Waals surface area contributed by atoms with E-state index in [-0.39, 0.29) is 17.8 Å². The molecule has 1 aromatic heterocycles. The number of ether oxygens (including phenoxy) is 2. The summed E-state index contributed by atoms with van der Waals surface area (Å²) in [5.41, 5.74) is 1.20. The van der Waals surface area contributed by atoms with Gasteiger partial charge in [0, 0.05) is 30.6 Å². The number of rotatable bonds is 5. The van der Waals surface area contributed by atoms with Crippen molar-refractivity contribution in [1.29, 1.82) is 0 Å². The average Bonchev–Trinajstić information content (AvgIpc) is 3.26. The van der Waals surface area contributed by atoms with E-state index in [1.54, 1.807) is 24.4 Å². The first-order valence-electron chi connectivity index (χ1n) is 8.55. The predicted octanol–water partition coefficient (Wildman–Crippen LogP) is 2.48. The number of aromatic nitrogens is 2. The monoisotopic (exact) mass is 380 g/mol. The van der Waals surface area contributed by atoms with Gasteiger partial charge in [0.05, 0.1) is 11.3 Å². The third-order valence-corrected chi connectivity index (χ3v) is 4.28. The van der Waals surface area contributed by atoms with E-state index in [9.17, 15) is 14.9 Å². The number of carbonyl (C=O) groups is 1. The fraction of sp³-hybridized carbons (Fsp3) is 0.158. The molecule has 0 bridgehead atoms. The second-order valence-electron chi connectivity index (χ2n) is 6.09. The molecule has 2 heterocycles. The third kappa shape index (κ3) is 3.50. The molecular formula is C19H16N4O5. The number of imidazole rings is 1. The molecule has 2 aromatic carbocycles. The van der Waals surface area contributed by atoms with Crippen LogP contribution in [0, 0.1) is 10.1 Å². The molecule has 1 aliphatic heterocycles. The second-order valence-corrected chi connectivity index (χ2v) is 6.09. The van der Waals surface area contributed by atoms with Crippen LogP contribution in [0.25, 0.3) is 5.69 Å². The third-order valence-electron chi connectivity index (χ3n) is 4.28. The van der Waals surface area contributed by atoms with Crippen molar-refractivity contribution in [1.82, 2.24) is 14.9 Å². The fourth-order valence-electron chi connectivity index (χ4n) is 2.91. The molecule has 9 heteroatoms. The summed E-state index contributed by atoms with van der Waals surface area (Å²) in [7, 11) is 0. The molecule has 0 spiro atoms. The lowest BCUT2D eigenvalue weighted by atomic mass is 10.1. The Kier molecular flexibility index (Phi) is 4.63. The number of hydrogen-bond donors (Lipinski definition) is 1. The lowest BCUT2D eigenvalue weighted by Crippen LogP contribution is -2.23. The Balaban J connectivity index is 1.50. The van der Waals surface area contributed by atoms with Crippen molar-refractivity contribution in [2.75, 3.05) is 13.2 Å². The van der Waals surface area contributed by atoms with Crippen molar-refractivity contribution >= 4 is 11.6 Å². The molecule has 0 saturated heterocycles. The van der Waals surface area contributed by atoms with E-state index in [0.717, 1.165) is 5.56 Å². The highest BCUT2D eigenvalue weighted by atomic mass is 16.6. The minimum Gasteiger partial charge on any atom is -0.486 e. The van der Waals surface area contributed by atoms with Crippen LogP contribution >= 0.6 is 0 Å². The van der Waals surface area contributed by atoms with Gasteiger partial charge in [-0.15, -0.1) is 0 Å². The Morgan fingerprint density at radius 2 is 2.00 bits per heavy atom. The van der Waals surface area contributed by atoms with Crippen LogP contribution in [-0.2, 0) is 6.54 Å². The lowest BCUT2D eigenvalue weighted by molar-refractivity contribution is -0.384. The molecule has 1 N–H and O–H groups in total. The average molecular weight is 380 g/mol. The van der Waals surface area contributed by atoms with Gasteiger partial charge in [-0.3, -0.25) is 14.9 Å². The topological polar surface area (TPSA) is 109 Å². The van der Waals surface area contributed by atoms with Crippen molar-refractivity contribution in [3.8, 4) is 17.2 Å². The Morgan fingerprint density at radius 3 is 2.75 bits per heavy atom. The highest BCUT2D eigenvalue weighted by Crippen LogP contribution is 2.30. The largest absolute Gasteiger partial charge is 0.486 e. The highest BCUT2D eigenvalue weighted by molar-refractivity contribution is 5.95. The van der Waals surface area contributed by atoms with Crippen LogP contribution in [0.15, 0.2) is 55.1 Å². The van der Waals surface area contributed by atoms with Gasteiger partial charge in [0.15, 0.2) is 11.5 Å². The summed E-state index contributed by atoms with van der Waals surface area (Å²) in [6.45, 7) is 1.25. The van der Waals surface area contributed by atoms with Crippen LogP contribution in [0.2, 0.25) is 0 Å². The molecule has 0 fully saturated rings. The molecule has 0 saturated carbocycles. The molecule has 4 rings (SSSR count). The van der Waals surface area contributed by atoms with Crippen molar-refractivity contribution < 1.29 is 19.2 Å². The Morgan fingerprint density at radius 1 is 1.18 bits per heavy atom. The van der Waals surface area contributed by atoms with E-state index in [1.807, 2.05) is 6.07 Å². The van der Waals surface area contributed by atoms with Crippen molar-refractivity contribution in [2.45, 2.75) is 6.54 Å². The molecule has 9 nitrogen and oxygen atoms in total. The Labute approximate surface area is 159 Å². The van der Waals surface area contributed by atoms with E-state index in [1.165, 1.54) is 29.2 Å². The maximum absolute atomic E-state index is 12.5. The van der Waals surface area contributed by atoms with E-state index >= 15 is 0 Å². The molecule has 1 aliphatic rings.